The second-order valence-corrected chi connectivity index (χ2v) is 19.2. The van der Waals surface area contributed by atoms with Crippen molar-refractivity contribution in [3.05, 3.63) is 297 Å². The molecule has 2 aromatic heterocycles. The number of para-hydroxylation sites is 6. The van der Waals surface area contributed by atoms with Crippen LogP contribution in [0.2, 0.25) is 0 Å². The average molecular weight is 956 g/mol. The molecule has 0 unspecified atom stereocenters. The van der Waals surface area contributed by atoms with Gasteiger partial charge in [-0.05, 0) is 117 Å². The van der Waals surface area contributed by atoms with Crippen molar-refractivity contribution >= 4 is 60.7 Å². The molecule has 12 aromatic carbocycles. The molecule has 3 nitrogen and oxygen atoms in total. The number of nitrogens with zero attached hydrogens (tertiary/aromatic N) is 3. The van der Waals surface area contributed by atoms with E-state index >= 15 is 0 Å². The molecule has 75 heavy (non-hydrogen) atoms. The third-order valence-electron chi connectivity index (χ3n) is 15.0. The van der Waals surface area contributed by atoms with Crippen LogP contribution in [0.25, 0.3) is 111 Å². The Labute approximate surface area is 436 Å². The van der Waals surface area contributed by atoms with Crippen LogP contribution >= 0.6 is 0 Å². The Morgan fingerprint density at radius 3 is 1.25 bits per heavy atom. The Bertz CT molecular complexity index is 4340. The van der Waals surface area contributed by atoms with Gasteiger partial charge >= 0.3 is 0 Å². The summed E-state index contributed by atoms with van der Waals surface area (Å²) < 4.78 is 4.81. The first-order chi connectivity index (χ1) is 37.3. The van der Waals surface area contributed by atoms with Crippen molar-refractivity contribution in [3.63, 3.8) is 0 Å². The van der Waals surface area contributed by atoms with Gasteiger partial charge in [-0.2, -0.15) is 0 Å². The summed E-state index contributed by atoms with van der Waals surface area (Å²) in [5.74, 6) is 0. The fourth-order valence-electron chi connectivity index (χ4n) is 11.7. The van der Waals surface area contributed by atoms with Crippen molar-refractivity contribution < 1.29 is 0 Å². The second kappa shape index (κ2) is 18.6. The molecule has 0 saturated heterocycles. The fraction of sp³-hybridized carbons (Fsp3) is 0. The highest BCUT2D eigenvalue weighted by Gasteiger charge is 2.23. The molecule has 0 bridgehead atoms. The maximum atomic E-state index is 2.43. The lowest BCUT2D eigenvalue weighted by atomic mass is 9.88. The lowest BCUT2D eigenvalue weighted by Gasteiger charge is -2.29. The first-order valence-electron chi connectivity index (χ1n) is 25.8. The summed E-state index contributed by atoms with van der Waals surface area (Å²) in [7, 11) is 0. The minimum Gasteiger partial charge on any atom is -0.310 e. The zero-order valence-corrected chi connectivity index (χ0v) is 41.1. The smallest absolute Gasteiger partial charge is 0.0547 e. The SMILES string of the molecule is c1ccc(-c2ccccc2-c2ccccc2-c2ccccc2N(c2ccc(-c3ccccc3-n3c4ccccc4c4ccccc43)cc2)c2ccc(-c3cccc4c3c3ccccc3n4-c3ccccc3)cc2)cc1. The van der Waals surface area contributed by atoms with Crippen molar-refractivity contribution in [2.24, 2.45) is 0 Å². The molecular weight excluding hydrogens is 907 g/mol. The van der Waals surface area contributed by atoms with Gasteiger partial charge in [-0.1, -0.05) is 224 Å². The summed E-state index contributed by atoms with van der Waals surface area (Å²) in [4.78, 5) is 2.43. The predicted octanol–water partition coefficient (Wildman–Crippen LogP) is 19.7. The molecule has 0 radical (unpaired) electrons. The van der Waals surface area contributed by atoms with Gasteiger partial charge in [0.15, 0.2) is 0 Å². The van der Waals surface area contributed by atoms with Gasteiger partial charge < -0.3 is 14.0 Å². The third kappa shape index (κ3) is 7.52. The van der Waals surface area contributed by atoms with Crippen LogP contribution in [0.1, 0.15) is 0 Å². The molecule has 352 valence electrons. The molecule has 14 aromatic rings. The zero-order chi connectivity index (χ0) is 49.7. The van der Waals surface area contributed by atoms with Gasteiger partial charge in [0.1, 0.15) is 0 Å². The molecule has 0 amide bonds. The number of aromatic nitrogens is 2. The van der Waals surface area contributed by atoms with Crippen molar-refractivity contribution in [1.29, 1.82) is 0 Å². The summed E-state index contributed by atoms with van der Waals surface area (Å²) in [6.07, 6.45) is 0. The number of rotatable bonds is 10. The number of fused-ring (bicyclic) bond motifs is 6. The highest BCUT2D eigenvalue weighted by Crippen LogP contribution is 2.47. The van der Waals surface area contributed by atoms with E-state index in [9.17, 15) is 0 Å². The Balaban J connectivity index is 0.930. The maximum absolute atomic E-state index is 2.43. The summed E-state index contributed by atoms with van der Waals surface area (Å²) >= 11 is 0. The number of hydrogen-bond donors (Lipinski definition) is 0. The van der Waals surface area contributed by atoms with E-state index in [2.05, 4.69) is 311 Å². The van der Waals surface area contributed by atoms with E-state index in [1.165, 1.54) is 77.0 Å². The summed E-state index contributed by atoms with van der Waals surface area (Å²) in [6.45, 7) is 0. The van der Waals surface area contributed by atoms with Crippen LogP contribution < -0.4 is 4.90 Å². The highest BCUT2D eigenvalue weighted by molar-refractivity contribution is 6.16. The molecular formula is C72H49N3. The molecule has 0 atom stereocenters. The Kier molecular flexibility index (Phi) is 10.8. The quantitative estimate of drug-likeness (QED) is 0.133. The van der Waals surface area contributed by atoms with Crippen molar-refractivity contribution in [2.45, 2.75) is 0 Å². The highest BCUT2D eigenvalue weighted by atomic mass is 15.1. The van der Waals surface area contributed by atoms with E-state index in [1.807, 2.05) is 0 Å². The molecule has 2 heterocycles. The van der Waals surface area contributed by atoms with E-state index in [0.29, 0.717) is 0 Å². The third-order valence-corrected chi connectivity index (χ3v) is 15.0. The molecule has 0 fully saturated rings. The Hall–Kier alpha value is -9.96. The fourth-order valence-corrected chi connectivity index (χ4v) is 11.7. The predicted molar refractivity (Wildman–Crippen MR) is 317 cm³/mol. The van der Waals surface area contributed by atoms with E-state index in [-0.39, 0.29) is 0 Å². The maximum Gasteiger partial charge on any atom is 0.0547 e. The second-order valence-electron chi connectivity index (χ2n) is 19.2. The van der Waals surface area contributed by atoms with E-state index in [0.717, 1.165) is 50.7 Å². The van der Waals surface area contributed by atoms with Crippen LogP contribution in [-0.4, -0.2) is 9.13 Å². The minimum atomic E-state index is 1.06. The van der Waals surface area contributed by atoms with Crippen LogP contribution in [0.5, 0.6) is 0 Å². The molecule has 0 aliphatic heterocycles. The van der Waals surface area contributed by atoms with Gasteiger partial charge in [0.2, 0.25) is 0 Å². The van der Waals surface area contributed by atoms with E-state index < -0.39 is 0 Å². The lowest BCUT2D eigenvalue weighted by molar-refractivity contribution is 1.18. The van der Waals surface area contributed by atoms with Crippen LogP contribution in [0, 0.1) is 0 Å². The molecule has 3 heteroatoms. The van der Waals surface area contributed by atoms with Gasteiger partial charge in [0.25, 0.3) is 0 Å². The normalized spacial score (nSPS) is 11.5. The van der Waals surface area contributed by atoms with Gasteiger partial charge in [0.05, 0.1) is 33.4 Å². The van der Waals surface area contributed by atoms with Gasteiger partial charge in [0, 0.05) is 49.7 Å². The average Bonchev–Trinajstić information content (AvgIpc) is 4.04. The van der Waals surface area contributed by atoms with Crippen molar-refractivity contribution in [2.75, 3.05) is 4.90 Å². The van der Waals surface area contributed by atoms with Gasteiger partial charge in [-0.15, -0.1) is 0 Å². The van der Waals surface area contributed by atoms with Crippen LogP contribution in [-0.2, 0) is 0 Å². The topological polar surface area (TPSA) is 13.1 Å². The molecule has 0 aliphatic carbocycles. The van der Waals surface area contributed by atoms with E-state index in [1.54, 1.807) is 0 Å². The van der Waals surface area contributed by atoms with Crippen LogP contribution in [0.4, 0.5) is 17.1 Å². The van der Waals surface area contributed by atoms with Crippen molar-refractivity contribution in [1.82, 2.24) is 9.13 Å². The summed E-state index contributed by atoms with van der Waals surface area (Å²) in [5, 5.41) is 4.98. The molecule has 0 spiro atoms. The van der Waals surface area contributed by atoms with E-state index in [4.69, 9.17) is 0 Å². The Morgan fingerprint density at radius 1 is 0.227 bits per heavy atom. The number of hydrogen-bond acceptors (Lipinski definition) is 1. The monoisotopic (exact) mass is 955 g/mol. The van der Waals surface area contributed by atoms with Crippen LogP contribution in [0.15, 0.2) is 297 Å². The summed E-state index contributed by atoms with van der Waals surface area (Å²) in [5.41, 5.74) is 22.0. The Morgan fingerprint density at radius 2 is 0.627 bits per heavy atom. The number of anilines is 3. The standard InChI is InChI=1S/C72H49N3/c1-3-22-50(23-4-1)56-26-7-8-28-59(56)60-29-9-10-30-61(60)62-31-12-17-37-67(62)73(54-46-42-51(43-47-54)57-27-11-16-36-66(57)75-68-38-18-13-32-63(68)64-33-14-19-39-69(64)75)55-48-44-52(45-49-55)58-35-21-41-71-72(58)65-34-15-20-40-70(65)74(71)53-24-5-2-6-25-53/h1-49H. The molecule has 0 N–H and O–H groups in total. The lowest BCUT2D eigenvalue weighted by Crippen LogP contribution is -2.11. The largest absolute Gasteiger partial charge is 0.310 e. The minimum absolute atomic E-state index is 1.06. The molecule has 0 aliphatic rings. The number of benzene rings is 12. The molecule has 14 rings (SSSR count). The molecule has 0 saturated carbocycles. The summed E-state index contributed by atoms with van der Waals surface area (Å²) in [6, 6.07) is 108. The zero-order valence-electron chi connectivity index (χ0n) is 41.1. The first-order valence-corrected chi connectivity index (χ1v) is 25.8. The first kappa shape index (κ1) is 43.8. The van der Waals surface area contributed by atoms with Crippen molar-refractivity contribution in [3.8, 4) is 67.0 Å². The van der Waals surface area contributed by atoms with Gasteiger partial charge in [-0.3, -0.25) is 0 Å². The van der Waals surface area contributed by atoms with Crippen LogP contribution in [0.3, 0.4) is 0 Å². The van der Waals surface area contributed by atoms with Gasteiger partial charge in [-0.25, -0.2) is 0 Å².